The van der Waals surface area contributed by atoms with Gasteiger partial charge in [-0.2, -0.15) is 0 Å². The first-order valence-electron chi connectivity index (χ1n) is 6.11. The topological polar surface area (TPSA) is 66.8 Å². The molecular weight excluding hydrogens is 246 g/mol. The standard InChI is InChI=1S/C14H19NO4/c1-4-9-15(10-16)14(2,13(17)18)11-7-5-6-8-12(11)19-3/h5-8,10H,4,9H2,1-3H3,(H,17,18). The lowest BCUT2D eigenvalue weighted by Crippen LogP contribution is -2.49. The molecule has 1 N–H and O–H groups in total. The number of hydrogen-bond donors (Lipinski definition) is 1. The van der Waals surface area contributed by atoms with Crippen molar-refractivity contribution in [3.63, 3.8) is 0 Å². The second-order valence-corrected chi connectivity index (χ2v) is 4.38. The van der Waals surface area contributed by atoms with Gasteiger partial charge in [0.2, 0.25) is 6.41 Å². The Morgan fingerprint density at radius 2 is 2.11 bits per heavy atom. The fourth-order valence-electron chi connectivity index (χ4n) is 2.06. The number of ether oxygens (including phenoxy) is 1. The van der Waals surface area contributed by atoms with Gasteiger partial charge in [0.25, 0.3) is 0 Å². The van der Waals surface area contributed by atoms with Gasteiger partial charge >= 0.3 is 5.97 Å². The van der Waals surface area contributed by atoms with Crippen LogP contribution in [-0.2, 0) is 15.1 Å². The van der Waals surface area contributed by atoms with Crippen molar-refractivity contribution in [3.8, 4) is 5.75 Å². The predicted octanol–water partition coefficient (Wildman–Crippen LogP) is 1.86. The van der Waals surface area contributed by atoms with Crippen molar-refractivity contribution < 1.29 is 19.4 Å². The summed E-state index contributed by atoms with van der Waals surface area (Å²) in [5, 5.41) is 9.58. The highest BCUT2D eigenvalue weighted by Gasteiger charge is 2.42. The Morgan fingerprint density at radius 1 is 1.47 bits per heavy atom. The zero-order valence-corrected chi connectivity index (χ0v) is 11.4. The molecule has 104 valence electrons. The van der Waals surface area contributed by atoms with Gasteiger partial charge in [0, 0.05) is 12.1 Å². The summed E-state index contributed by atoms with van der Waals surface area (Å²) in [4.78, 5) is 24.2. The molecule has 1 amide bonds. The number of carbonyl (C=O) groups is 2. The molecule has 0 saturated carbocycles. The lowest BCUT2D eigenvalue weighted by atomic mass is 9.89. The van der Waals surface area contributed by atoms with Crippen molar-refractivity contribution in [2.24, 2.45) is 0 Å². The van der Waals surface area contributed by atoms with Crippen LogP contribution in [0.4, 0.5) is 0 Å². The van der Waals surface area contributed by atoms with Crippen molar-refractivity contribution in [2.45, 2.75) is 25.8 Å². The molecule has 0 radical (unpaired) electrons. The molecule has 1 atom stereocenters. The molecule has 0 fully saturated rings. The maximum absolute atomic E-state index is 11.7. The van der Waals surface area contributed by atoms with Crippen LogP contribution in [0.15, 0.2) is 24.3 Å². The first-order valence-corrected chi connectivity index (χ1v) is 6.11. The highest BCUT2D eigenvalue weighted by Crippen LogP contribution is 2.34. The van der Waals surface area contributed by atoms with Gasteiger partial charge in [0.15, 0.2) is 5.54 Å². The van der Waals surface area contributed by atoms with E-state index >= 15 is 0 Å². The Hall–Kier alpha value is -2.04. The highest BCUT2D eigenvalue weighted by molar-refractivity contribution is 5.83. The number of benzene rings is 1. The van der Waals surface area contributed by atoms with Crippen molar-refractivity contribution in [2.75, 3.05) is 13.7 Å². The number of amides is 1. The molecule has 1 aromatic carbocycles. The molecule has 0 bridgehead atoms. The summed E-state index contributed by atoms with van der Waals surface area (Å²) in [5.74, 6) is -0.632. The van der Waals surface area contributed by atoms with Gasteiger partial charge < -0.3 is 14.7 Å². The molecular formula is C14H19NO4. The van der Waals surface area contributed by atoms with E-state index in [4.69, 9.17) is 4.74 Å². The van der Waals surface area contributed by atoms with E-state index in [0.29, 0.717) is 30.7 Å². The Bertz CT molecular complexity index is 461. The van der Waals surface area contributed by atoms with E-state index in [1.165, 1.54) is 18.9 Å². The van der Waals surface area contributed by atoms with E-state index in [2.05, 4.69) is 0 Å². The Morgan fingerprint density at radius 3 is 2.58 bits per heavy atom. The summed E-state index contributed by atoms with van der Waals surface area (Å²) in [6, 6.07) is 6.84. The zero-order chi connectivity index (χ0) is 14.5. The number of methoxy groups -OCH3 is 1. The largest absolute Gasteiger partial charge is 0.496 e. The van der Waals surface area contributed by atoms with Crippen LogP contribution < -0.4 is 4.74 Å². The van der Waals surface area contributed by atoms with Gasteiger partial charge in [-0.1, -0.05) is 25.1 Å². The summed E-state index contributed by atoms with van der Waals surface area (Å²) in [6.07, 6.45) is 1.25. The molecule has 1 unspecified atom stereocenters. The maximum Gasteiger partial charge on any atom is 0.334 e. The molecule has 1 aromatic rings. The van der Waals surface area contributed by atoms with E-state index in [0.717, 1.165) is 0 Å². The molecule has 0 spiro atoms. The van der Waals surface area contributed by atoms with Gasteiger partial charge in [-0.15, -0.1) is 0 Å². The van der Waals surface area contributed by atoms with Crippen LogP contribution in [-0.4, -0.2) is 36.0 Å². The normalized spacial score (nSPS) is 13.4. The third-order valence-electron chi connectivity index (χ3n) is 3.21. The lowest BCUT2D eigenvalue weighted by Gasteiger charge is -2.36. The van der Waals surface area contributed by atoms with Gasteiger partial charge in [0.1, 0.15) is 5.75 Å². The summed E-state index contributed by atoms with van der Waals surface area (Å²) < 4.78 is 5.21. The number of aliphatic carboxylic acids is 1. The van der Waals surface area contributed by atoms with Crippen LogP contribution in [0.2, 0.25) is 0 Å². The highest BCUT2D eigenvalue weighted by atomic mass is 16.5. The fraction of sp³-hybridized carbons (Fsp3) is 0.429. The summed E-state index contributed by atoms with van der Waals surface area (Å²) in [7, 11) is 1.48. The van der Waals surface area contributed by atoms with Crippen LogP contribution in [0, 0.1) is 0 Å². The number of carbonyl (C=O) groups excluding carboxylic acids is 1. The van der Waals surface area contributed by atoms with Gasteiger partial charge in [-0.25, -0.2) is 4.79 Å². The van der Waals surface area contributed by atoms with Crippen LogP contribution in [0.5, 0.6) is 5.75 Å². The number of para-hydroxylation sites is 1. The SMILES string of the molecule is CCCN(C=O)C(C)(C(=O)O)c1ccccc1OC. The van der Waals surface area contributed by atoms with E-state index in [1.807, 2.05) is 6.92 Å². The summed E-state index contributed by atoms with van der Waals surface area (Å²) in [5.41, 5.74) is -0.977. The molecule has 5 nitrogen and oxygen atoms in total. The molecule has 1 rings (SSSR count). The fourth-order valence-corrected chi connectivity index (χ4v) is 2.06. The van der Waals surface area contributed by atoms with Crippen molar-refractivity contribution >= 4 is 12.4 Å². The summed E-state index contributed by atoms with van der Waals surface area (Å²) >= 11 is 0. The van der Waals surface area contributed by atoms with E-state index in [-0.39, 0.29) is 0 Å². The Kier molecular flexibility index (Phi) is 4.92. The maximum atomic E-state index is 11.7. The Labute approximate surface area is 112 Å². The molecule has 0 aromatic heterocycles. The van der Waals surface area contributed by atoms with Crippen molar-refractivity contribution in [3.05, 3.63) is 29.8 Å². The molecule has 0 aliphatic rings. The van der Waals surface area contributed by atoms with Crippen LogP contribution in [0.25, 0.3) is 0 Å². The number of rotatable bonds is 7. The van der Waals surface area contributed by atoms with E-state index in [9.17, 15) is 14.7 Å². The second-order valence-electron chi connectivity index (χ2n) is 4.38. The summed E-state index contributed by atoms with van der Waals surface area (Å²) in [6.45, 7) is 3.77. The first kappa shape index (κ1) is 15.0. The van der Waals surface area contributed by atoms with Crippen LogP contribution in [0.1, 0.15) is 25.8 Å². The smallest absolute Gasteiger partial charge is 0.334 e. The number of hydrogen-bond acceptors (Lipinski definition) is 3. The molecule has 0 saturated heterocycles. The third kappa shape index (κ3) is 2.70. The second kappa shape index (κ2) is 6.22. The monoisotopic (exact) mass is 265 g/mol. The number of carboxylic acid groups (broad SMARTS) is 1. The third-order valence-corrected chi connectivity index (χ3v) is 3.21. The average Bonchev–Trinajstić information content (AvgIpc) is 2.43. The van der Waals surface area contributed by atoms with E-state index < -0.39 is 11.5 Å². The van der Waals surface area contributed by atoms with Crippen LogP contribution in [0.3, 0.4) is 0 Å². The van der Waals surface area contributed by atoms with E-state index in [1.54, 1.807) is 24.3 Å². The zero-order valence-electron chi connectivity index (χ0n) is 11.4. The van der Waals surface area contributed by atoms with Gasteiger partial charge in [0.05, 0.1) is 7.11 Å². The minimum atomic E-state index is -1.44. The quantitative estimate of drug-likeness (QED) is 0.764. The number of carboxylic acids is 1. The van der Waals surface area contributed by atoms with Crippen LogP contribution >= 0.6 is 0 Å². The molecule has 0 aliphatic carbocycles. The molecule has 5 heteroatoms. The minimum absolute atomic E-state index is 0.365. The minimum Gasteiger partial charge on any atom is -0.496 e. The van der Waals surface area contributed by atoms with Crippen molar-refractivity contribution in [1.82, 2.24) is 4.90 Å². The molecule has 0 heterocycles. The number of nitrogens with zero attached hydrogens (tertiary/aromatic N) is 1. The van der Waals surface area contributed by atoms with Gasteiger partial charge in [-0.05, 0) is 19.4 Å². The first-order chi connectivity index (χ1) is 9.02. The molecule has 0 aliphatic heterocycles. The van der Waals surface area contributed by atoms with Gasteiger partial charge in [-0.3, -0.25) is 4.79 Å². The Balaban J connectivity index is 3.40. The lowest BCUT2D eigenvalue weighted by molar-refractivity contribution is -0.155. The average molecular weight is 265 g/mol. The molecule has 19 heavy (non-hydrogen) atoms. The predicted molar refractivity (Wildman–Crippen MR) is 71.0 cm³/mol. The van der Waals surface area contributed by atoms with Crippen molar-refractivity contribution in [1.29, 1.82) is 0 Å².